The number of nitrogens with two attached hydrogens (primary N) is 1. The zero-order valence-corrected chi connectivity index (χ0v) is 12.1. The van der Waals surface area contributed by atoms with E-state index in [2.05, 4.69) is 17.3 Å². The molecule has 1 fully saturated rings. The van der Waals surface area contributed by atoms with Gasteiger partial charge in [0.2, 0.25) is 5.91 Å². The minimum atomic E-state index is -0.0426. The topological polar surface area (TPSA) is 58.4 Å². The van der Waals surface area contributed by atoms with Crippen LogP contribution in [-0.4, -0.2) is 44.0 Å². The van der Waals surface area contributed by atoms with Gasteiger partial charge in [-0.25, -0.2) is 0 Å². The average Bonchev–Trinajstić information content (AvgIpc) is 2.29. The molecule has 1 saturated heterocycles. The van der Waals surface area contributed by atoms with Gasteiger partial charge in [-0.05, 0) is 44.7 Å². The maximum absolute atomic E-state index is 11.9. The molecule has 0 aromatic heterocycles. The van der Waals surface area contributed by atoms with E-state index in [4.69, 9.17) is 5.73 Å². The van der Waals surface area contributed by atoms with Crippen LogP contribution in [0, 0.1) is 17.8 Å². The fourth-order valence-electron chi connectivity index (χ4n) is 2.72. The summed E-state index contributed by atoms with van der Waals surface area (Å²) in [7, 11) is 2.17. The van der Waals surface area contributed by atoms with Crippen LogP contribution in [0.2, 0.25) is 0 Å². The highest BCUT2D eigenvalue weighted by Gasteiger charge is 2.21. The largest absolute Gasteiger partial charge is 0.356 e. The summed E-state index contributed by atoms with van der Waals surface area (Å²) in [6, 6.07) is 0. The van der Waals surface area contributed by atoms with Crippen LogP contribution in [0.15, 0.2) is 0 Å². The van der Waals surface area contributed by atoms with Gasteiger partial charge in [-0.1, -0.05) is 13.8 Å². The second-order valence-electron chi connectivity index (χ2n) is 5.94. The van der Waals surface area contributed by atoms with Crippen molar-refractivity contribution in [2.24, 2.45) is 23.5 Å². The summed E-state index contributed by atoms with van der Waals surface area (Å²) in [6.45, 7) is 7.71. The van der Waals surface area contributed by atoms with E-state index in [0.29, 0.717) is 12.5 Å². The quantitative estimate of drug-likeness (QED) is 0.746. The van der Waals surface area contributed by atoms with Crippen molar-refractivity contribution in [3.8, 4) is 0 Å². The lowest BCUT2D eigenvalue weighted by Crippen LogP contribution is -2.39. The molecule has 1 heterocycles. The van der Waals surface area contributed by atoms with Crippen molar-refractivity contribution in [3.63, 3.8) is 0 Å². The Balaban J connectivity index is 2.22. The smallest absolute Gasteiger partial charge is 0.224 e. The third kappa shape index (κ3) is 4.94. The molecule has 1 rings (SSSR count). The van der Waals surface area contributed by atoms with Gasteiger partial charge in [0.1, 0.15) is 0 Å². The van der Waals surface area contributed by atoms with Crippen LogP contribution in [0.3, 0.4) is 0 Å². The number of amides is 1. The monoisotopic (exact) mass is 255 g/mol. The molecule has 0 bridgehead atoms. The Hall–Kier alpha value is -0.610. The maximum atomic E-state index is 11.9. The van der Waals surface area contributed by atoms with Gasteiger partial charge in [0.05, 0.1) is 5.92 Å². The van der Waals surface area contributed by atoms with Crippen LogP contribution >= 0.6 is 0 Å². The standard InChI is InChI=1S/C14H29N3O/c1-11(2)13(9-15)14(18)16-7-6-12-5-4-8-17(3)10-12/h11-13H,4-10,15H2,1-3H3,(H,16,18). The molecule has 0 aliphatic carbocycles. The van der Waals surface area contributed by atoms with E-state index in [1.54, 1.807) is 0 Å². The number of carbonyl (C=O) groups excluding carboxylic acids is 1. The van der Waals surface area contributed by atoms with Gasteiger partial charge in [0.25, 0.3) is 0 Å². The first-order valence-corrected chi connectivity index (χ1v) is 7.21. The summed E-state index contributed by atoms with van der Waals surface area (Å²) in [6.07, 6.45) is 3.67. The molecule has 3 N–H and O–H groups in total. The van der Waals surface area contributed by atoms with E-state index in [1.165, 1.54) is 25.9 Å². The first-order chi connectivity index (χ1) is 8.54. The summed E-state index contributed by atoms with van der Waals surface area (Å²) < 4.78 is 0. The summed E-state index contributed by atoms with van der Waals surface area (Å²) in [5.41, 5.74) is 5.64. The van der Waals surface area contributed by atoms with Gasteiger partial charge in [-0.15, -0.1) is 0 Å². The Labute approximate surface area is 111 Å². The lowest BCUT2D eigenvalue weighted by molar-refractivity contribution is -0.126. The number of nitrogens with one attached hydrogen (secondary N) is 1. The molecule has 0 radical (unpaired) electrons. The molecule has 0 aromatic carbocycles. The third-order valence-corrected chi connectivity index (χ3v) is 3.97. The van der Waals surface area contributed by atoms with E-state index in [9.17, 15) is 4.79 Å². The van der Waals surface area contributed by atoms with E-state index in [0.717, 1.165) is 18.9 Å². The Morgan fingerprint density at radius 2 is 2.22 bits per heavy atom. The van der Waals surface area contributed by atoms with E-state index < -0.39 is 0 Å². The first kappa shape index (κ1) is 15.4. The Morgan fingerprint density at radius 3 is 2.78 bits per heavy atom. The SMILES string of the molecule is CC(C)C(CN)C(=O)NCCC1CCCN(C)C1. The van der Waals surface area contributed by atoms with Gasteiger partial charge < -0.3 is 16.0 Å². The summed E-state index contributed by atoms with van der Waals surface area (Å²) >= 11 is 0. The van der Waals surface area contributed by atoms with Crippen molar-refractivity contribution in [3.05, 3.63) is 0 Å². The predicted octanol–water partition coefficient (Wildman–Crippen LogP) is 1.07. The average molecular weight is 255 g/mol. The Bertz CT molecular complexity index is 255. The zero-order valence-electron chi connectivity index (χ0n) is 12.1. The molecular weight excluding hydrogens is 226 g/mol. The Kier molecular flexibility index (Phi) is 6.65. The molecule has 0 saturated carbocycles. The Morgan fingerprint density at radius 1 is 1.50 bits per heavy atom. The predicted molar refractivity (Wildman–Crippen MR) is 75.2 cm³/mol. The lowest BCUT2D eigenvalue weighted by Gasteiger charge is -2.29. The normalized spacial score (nSPS) is 23.1. The molecule has 2 atom stereocenters. The number of nitrogens with zero attached hydrogens (tertiary/aromatic N) is 1. The van der Waals surface area contributed by atoms with Crippen LogP contribution in [0.5, 0.6) is 0 Å². The second kappa shape index (κ2) is 7.74. The number of likely N-dealkylation sites (tertiary alicyclic amines) is 1. The first-order valence-electron chi connectivity index (χ1n) is 7.21. The zero-order chi connectivity index (χ0) is 13.5. The van der Waals surface area contributed by atoms with Crippen molar-refractivity contribution in [1.82, 2.24) is 10.2 Å². The fraction of sp³-hybridized carbons (Fsp3) is 0.929. The highest BCUT2D eigenvalue weighted by molar-refractivity contribution is 5.79. The molecule has 1 amide bonds. The van der Waals surface area contributed by atoms with E-state index >= 15 is 0 Å². The maximum Gasteiger partial charge on any atom is 0.224 e. The van der Waals surface area contributed by atoms with Gasteiger partial charge >= 0.3 is 0 Å². The molecule has 2 unspecified atom stereocenters. The number of carbonyl (C=O) groups is 1. The molecular formula is C14H29N3O. The van der Waals surface area contributed by atoms with Crippen LogP contribution < -0.4 is 11.1 Å². The highest BCUT2D eigenvalue weighted by atomic mass is 16.1. The number of hydrogen-bond donors (Lipinski definition) is 2. The minimum Gasteiger partial charge on any atom is -0.356 e. The molecule has 0 spiro atoms. The number of piperidine rings is 1. The van der Waals surface area contributed by atoms with Gasteiger partial charge in [-0.3, -0.25) is 4.79 Å². The molecule has 4 nitrogen and oxygen atoms in total. The van der Waals surface area contributed by atoms with E-state index in [-0.39, 0.29) is 11.8 Å². The number of rotatable bonds is 6. The molecule has 1 aliphatic rings. The fourth-order valence-corrected chi connectivity index (χ4v) is 2.72. The molecule has 0 aromatic rings. The van der Waals surface area contributed by atoms with Crippen LogP contribution in [0.1, 0.15) is 33.1 Å². The summed E-state index contributed by atoms with van der Waals surface area (Å²) in [5.74, 6) is 1.13. The molecule has 4 heteroatoms. The van der Waals surface area contributed by atoms with Crippen molar-refractivity contribution >= 4 is 5.91 Å². The summed E-state index contributed by atoms with van der Waals surface area (Å²) in [5, 5.41) is 3.04. The van der Waals surface area contributed by atoms with Crippen LogP contribution in [0.4, 0.5) is 0 Å². The lowest BCUT2D eigenvalue weighted by atomic mass is 9.93. The van der Waals surface area contributed by atoms with Gasteiger partial charge in [0.15, 0.2) is 0 Å². The number of hydrogen-bond acceptors (Lipinski definition) is 3. The molecule has 1 aliphatic heterocycles. The van der Waals surface area contributed by atoms with E-state index in [1.807, 2.05) is 13.8 Å². The summed E-state index contributed by atoms with van der Waals surface area (Å²) in [4.78, 5) is 14.3. The van der Waals surface area contributed by atoms with Crippen molar-refractivity contribution in [1.29, 1.82) is 0 Å². The van der Waals surface area contributed by atoms with Gasteiger partial charge in [-0.2, -0.15) is 0 Å². The van der Waals surface area contributed by atoms with Crippen molar-refractivity contribution in [2.75, 3.05) is 33.2 Å². The second-order valence-corrected chi connectivity index (χ2v) is 5.94. The van der Waals surface area contributed by atoms with Crippen LogP contribution in [-0.2, 0) is 4.79 Å². The minimum absolute atomic E-state index is 0.0426. The molecule has 18 heavy (non-hydrogen) atoms. The highest BCUT2D eigenvalue weighted by Crippen LogP contribution is 2.17. The van der Waals surface area contributed by atoms with Crippen molar-refractivity contribution < 1.29 is 4.79 Å². The third-order valence-electron chi connectivity index (χ3n) is 3.97. The van der Waals surface area contributed by atoms with Crippen molar-refractivity contribution in [2.45, 2.75) is 33.1 Å². The van der Waals surface area contributed by atoms with Crippen LogP contribution in [0.25, 0.3) is 0 Å². The van der Waals surface area contributed by atoms with Gasteiger partial charge in [0, 0.05) is 19.6 Å². The molecule has 106 valence electrons.